The Kier molecular flexibility index (Phi) is 6.17. The number of nitrogens with zero attached hydrogens (tertiary/aromatic N) is 1. The van der Waals surface area contributed by atoms with Crippen LogP contribution in [-0.2, 0) is 9.59 Å². The van der Waals surface area contributed by atoms with Crippen molar-refractivity contribution < 1.29 is 9.59 Å². The van der Waals surface area contributed by atoms with Gasteiger partial charge in [-0.05, 0) is 26.3 Å². The van der Waals surface area contributed by atoms with Crippen LogP contribution in [0, 0.1) is 5.92 Å². The third-order valence-corrected chi connectivity index (χ3v) is 2.35. The van der Waals surface area contributed by atoms with Crippen molar-refractivity contribution >= 4 is 11.7 Å². The highest BCUT2D eigenvalue weighted by Crippen LogP contribution is 2.11. The van der Waals surface area contributed by atoms with E-state index >= 15 is 0 Å². The van der Waals surface area contributed by atoms with Gasteiger partial charge in [0.05, 0.1) is 12.6 Å². The van der Waals surface area contributed by atoms with Gasteiger partial charge >= 0.3 is 0 Å². The van der Waals surface area contributed by atoms with Crippen LogP contribution in [0.25, 0.3) is 0 Å². The maximum absolute atomic E-state index is 11.6. The molecular weight excluding hydrogens is 192 g/mol. The molecule has 0 aromatic heterocycles. The van der Waals surface area contributed by atoms with Crippen molar-refractivity contribution in [1.82, 2.24) is 10.2 Å². The fourth-order valence-corrected chi connectivity index (χ4v) is 1.49. The maximum atomic E-state index is 11.6. The van der Waals surface area contributed by atoms with Crippen molar-refractivity contribution in [2.75, 3.05) is 20.6 Å². The highest BCUT2D eigenvalue weighted by molar-refractivity contribution is 5.88. The van der Waals surface area contributed by atoms with Gasteiger partial charge in [-0.15, -0.1) is 0 Å². The zero-order valence-corrected chi connectivity index (χ0v) is 10.3. The molecule has 0 saturated heterocycles. The molecule has 1 amide bonds. The topological polar surface area (TPSA) is 49.4 Å². The molecule has 0 saturated carbocycles. The predicted molar refractivity (Wildman–Crippen MR) is 60.6 cm³/mol. The van der Waals surface area contributed by atoms with Gasteiger partial charge in [0.1, 0.15) is 0 Å². The summed E-state index contributed by atoms with van der Waals surface area (Å²) < 4.78 is 0. The van der Waals surface area contributed by atoms with Crippen molar-refractivity contribution in [2.45, 2.75) is 33.2 Å². The molecule has 88 valence electrons. The van der Waals surface area contributed by atoms with Crippen molar-refractivity contribution in [3.63, 3.8) is 0 Å². The van der Waals surface area contributed by atoms with Gasteiger partial charge in [0.2, 0.25) is 5.91 Å². The molecule has 0 radical (unpaired) electrons. The summed E-state index contributed by atoms with van der Waals surface area (Å²) in [7, 11) is 3.41. The summed E-state index contributed by atoms with van der Waals surface area (Å²) >= 11 is 0. The van der Waals surface area contributed by atoms with Gasteiger partial charge in [0.15, 0.2) is 5.78 Å². The Bertz CT molecular complexity index is 227. The van der Waals surface area contributed by atoms with Crippen molar-refractivity contribution in [2.24, 2.45) is 5.92 Å². The summed E-state index contributed by atoms with van der Waals surface area (Å²) in [5, 5.41) is 2.79. The summed E-state index contributed by atoms with van der Waals surface area (Å²) in [5.41, 5.74) is 0. The fraction of sp³-hybridized carbons (Fsp3) is 0.818. The Morgan fingerprint density at radius 3 is 2.20 bits per heavy atom. The fourth-order valence-electron chi connectivity index (χ4n) is 1.49. The van der Waals surface area contributed by atoms with Gasteiger partial charge in [-0.1, -0.05) is 13.8 Å². The van der Waals surface area contributed by atoms with Crippen LogP contribution in [0.15, 0.2) is 0 Å². The molecule has 0 aliphatic carbocycles. The van der Waals surface area contributed by atoms with Gasteiger partial charge in [-0.25, -0.2) is 0 Å². The number of ketones is 1. The minimum atomic E-state index is -0.286. The first-order valence-electron chi connectivity index (χ1n) is 5.30. The molecule has 0 unspecified atom stereocenters. The molecule has 0 fully saturated rings. The van der Waals surface area contributed by atoms with E-state index in [0.717, 1.165) is 6.42 Å². The van der Waals surface area contributed by atoms with Crippen LogP contribution in [0.5, 0.6) is 0 Å². The number of Topliss-reactive ketones (excluding diaryl/α,β-unsaturated/α-hetero) is 1. The number of amides is 1. The van der Waals surface area contributed by atoms with E-state index in [4.69, 9.17) is 0 Å². The molecule has 0 aromatic carbocycles. The number of rotatable bonds is 6. The third kappa shape index (κ3) is 4.93. The zero-order valence-electron chi connectivity index (χ0n) is 10.3. The summed E-state index contributed by atoms with van der Waals surface area (Å²) in [6.07, 6.45) is 0.723. The average molecular weight is 214 g/mol. The highest BCUT2D eigenvalue weighted by Gasteiger charge is 2.23. The van der Waals surface area contributed by atoms with Gasteiger partial charge < -0.3 is 10.2 Å². The van der Waals surface area contributed by atoms with E-state index in [2.05, 4.69) is 5.32 Å². The van der Waals surface area contributed by atoms with Crippen molar-refractivity contribution in [3.05, 3.63) is 0 Å². The Hall–Kier alpha value is -0.900. The summed E-state index contributed by atoms with van der Waals surface area (Å²) in [5.74, 6) is 0.415. The minimum Gasteiger partial charge on any atom is -0.335 e. The number of carbonyl (C=O) groups excluding carboxylic acids is 2. The number of hydrogen-bond acceptors (Lipinski definition) is 3. The summed E-state index contributed by atoms with van der Waals surface area (Å²) in [4.78, 5) is 24.5. The first-order chi connectivity index (χ1) is 6.90. The van der Waals surface area contributed by atoms with Crippen LogP contribution in [0.4, 0.5) is 0 Å². The van der Waals surface area contributed by atoms with Crippen LogP contribution in [0.3, 0.4) is 0 Å². The lowest BCUT2D eigenvalue weighted by atomic mass is 10.00. The maximum Gasteiger partial charge on any atom is 0.236 e. The number of carbonyl (C=O) groups is 2. The molecular formula is C11H22N2O2. The van der Waals surface area contributed by atoms with Gasteiger partial charge in [0.25, 0.3) is 0 Å². The second-order valence-electron chi connectivity index (χ2n) is 4.29. The van der Waals surface area contributed by atoms with E-state index in [0.29, 0.717) is 5.92 Å². The van der Waals surface area contributed by atoms with Crippen LogP contribution < -0.4 is 5.32 Å². The lowest BCUT2D eigenvalue weighted by Gasteiger charge is -2.27. The molecule has 1 atom stereocenters. The summed E-state index contributed by atoms with van der Waals surface area (Å²) in [6, 6.07) is -0.286. The standard InChI is InChI=1S/C11H22N2O2/c1-8(2)6-10(9(3)14)13(5)11(15)7-12-4/h8,10,12H,6-7H2,1-5H3/t10-/m0/s1. The van der Waals surface area contributed by atoms with Gasteiger partial charge in [0, 0.05) is 7.05 Å². The van der Waals surface area contributed by atoms with E-state index in [1.807, 2.05) is 13.8 Å². The highest BCUT2D eigenvalue weighted by atomic mass is 16.2. The first-order valence-corrected chi connectivity index (χ1v) is 5.30. The molecule has 0 heterocycles. The monoisotopic (exact) mass is 214 g/mol. The van der Waals surface area contributed by atoms with Crippen LogP contribution in [0.2, 0.25) is 0 Å². The van der Waals surface area contributed by atoms with E-state index < -0.39 is 0 Å². The molecule has 0 rings (SSSR count). The van der Waals surface area contributed by atoms with E-state index in [9.17, 15) is 9.59 Å². The van der Waals surface area contributed by atoms with E-state index in [-0.39, 0.29) is 24.3 Å². The quantitative estimate of drug-likeness (QED) is 0.707. The van der Waals surface area contributed by atoms with Crippen molar-refractivity contribution in [1.29, 1.82) is 0 Å². The summed E-state index contributed by atoms with van der Waals surface area (Å²) in [6.45, 7) is 5.91. The molecule has 0 aliphatic rings. The lowest BCUT2D eigenvalue weighted by molar-refractivity contribution is -0.137. The third-order valence-electron chi connectivity index (χ3n) is 2.35. The van der Waals surface area contributed by atoms with Crippen molar-refractivity contribution in [3.8, 4) is 0 Å². The Labute approximate surface area is 92.0 Å². The predicted octanol–water partition coefficient (Wildman–Crippen LogP) is 0.668. The van der Waals surface area contributed by atoms with Crippen LogP contribution in [0.1, 0.15) is 27.2 Å². The van der Waals surface area contributed by atoms with E-state index in [1.165, 1.54) is 6.92 Å². The SMILES string of the molecule is CNCC(=O)N(C)[C@@H](CC(C)C)C(C)=O. The first kappa shape index (κ1) is 14.1. The normalized spacial score (nSPS) is 12.7. The van der Waals surface area contributed by atoms with Gasteiger partial charge in [-0.3, -0.25) is 9.59 Å². The van der Waals surface area contributed by atoms with E-state index in [1.54, 1.807) is 19.0 Å². The van der Waals surface area contributed by atoms with Crippen LogP contribution >= 0.6 is 0 Å². The molecule has 4 heteroatoms. The zero-order chi connectivity index (χ0) is 12.0. The van der Waals surface area contributed by atoms with Gasteiger partial charge in [-0.2, -0.15) is 0 Å². The molecule has 0 aliphatic heterocycles. The van der Waals surface area contributed by atoms with Crippen LogP contribution in [-0.4, -0.2) is 43.3 Å². The Balaban J connectivity index is 4.47. The molecule has 0 aromatic rings. The largest absolute Gasteiger partial charge is 0.335 e. The molecule has 0 bridgehead atoms. The lowest BCUT2D eigenvalue weighted by Crippen LogP contribution is -2.45. The molecule has 1 N–H and O–H groups in total. The number of nitrogens with one attached hydrogen (secondary N) is 1. The minimum absolute atomic E-state index is 0.0432. The second-order valence-corrected chi connectivity index (χ2v) is 4.29. The molecule has 4 nitrogen and oxygen atoms in total. The number of hydrogen-bond donors (Lipinski definition) is 1. The Morgan fingerprint density at radius 1 is 1.33 bits per heavy atom. The average Bonchev–Trinajstić information content (AvgIpc) is 2.12. The Morgan fingerprint density at radius 2 is 1.87 bits per heavy atom. The molecule has 15 heavy (non-hydrogen) atoms. The molecule has 0 spiro atoms. The second kappa shape index (κ2) is 6.56. The number of likely N-dealkylation sites (N-methyl/N-ethyl adjacent to an activating group) is 2. The smallest absolute Gasteiger partial charge is 0.236 e.